The molecule has 0 spiro atoms. The van der Waals surface area contributed by atoms with Gasteiger partial charge in [-0.1, -0.05) is 12.1 Å². The second kappa shape index (κ2) is 5.14. The van der Waals surface area contributed by atoms with Gasteiger partial charge < -0.3 is 5.32 Å². The highest BCUT2D eigenvalue weighted by molar-refractivity contribution is 7.16. The first-order chi connectivity index (χ1) is 10.4. The molecule has 4 aromatic rings. The minimum absolute atomic E-state index is 0.808. The van der Waals surface area contributed by atoms with Gasteiger partial charge in [0.05, 0.1) is 15.7 Å². The van der Waals surface area contributed by atoms with Crippen LogP contribution in [0.2, 0.25) is 0 Å². The summed E-state index contributed by atoms with van der Waals surface area (Å²) < 4.78 is 1.21. The van der Waals surface area contributed by atoms with Crippen LogP contribution in [0.5, 0.6) is 0 Å². The standard InChI is InChI=1S/C17H13N3S/c1-2-14-10-18-6-5-13(14)7-12(1)9-19-15-3-4-16-17(8-15)21-11-20-16/h1-8,10-11,19H,9H2. The monoisotopic (exact) mass is 291 g/mol. The number of hydrogen-bond donors (Lipinski definition) is 1. The molecule has 0 amide bonds. The maximum absolute atomic E-state index is 4.30. The molecule has 4 heteroatoms. The Bertz CT molecular complexity index is 914. The second-order valence-corrected chi connectivity index (χ2v) is 5.83. The number of hydrogen-bond acceptors (Lipinski definition) is 4. The van der Waals surface area contributed by atoms with Crippen LogP contribution in [0.25, 0.3) is 21.0 Å². The average molecular weight is 291 g/mol. The van der Waals surface area contributed by atoms with Crippen LogP contribution in [-0.2, 0) is 6.54 Å². The Kier molecular flexibility index (Phi) is 3.01. The van der Waals surface area contributed by atoms with Gasteiger partial charge in [-0.15, -0.1) is 11.3 Å². The number of aromatic nitrogens is 2. The summed E-state index contributed by atoms with van der Waals surface area (Å²) in [6.07, 6.45) is 3.72. The Labute approximate surface area is 126 Å². The summed E-state index contributed by atoms with van der Waals surface area (Å²) >= 11 is 1.67. The fourth-order valence-electron chi connectivity index (χ4n) is 2.41. The number of thiazole rings is 1. The van der Waals surface area contributed by atoms with Crippen LogP contribution < -0.4 is 5.32 Å². The zero-order valence-electron chi connectivity index (χ0n) is 11.3. The van der Waals surface area contributed by atoms with Crippen LogP contribution in [0, 0.1) is 0 Å². The van der Waals surface area contributed by atoms with E-state index in [2.05, 4.69) is 51.7 Å². The molecule has 1 N–H and O–H groups in total. The van der Waals surface area contributed by atoms with Crippen molar-refractivity contribution in [1.29, 1.82) is 0 Å². The van der Waals surface area contributed by atoms with Crippen LogP contribution in [0.3, 0.4) is 0 Å². The van der Waals surface area contributed by atoms with Crippen molar-refractivity contribution in [3.8, 4) is 0 Å². The number of pyridine rings is 1. The Hall–Kier alpha value is -2.46. The van der Waals surface area contributed by atoms with E-state index >= 15 is 0 Å². The van der Waals surface area contributed by atoms with E-state index in [4.69, 9.17) is 0 Å². The first-order valence-corrected chi connectivity index (χ1v) is 7.66. The lowest BCUT2D eigenvalue weighted by Crippen LogP contribution is -1.99. The molecule has 0 aliphatic rings. The highest BCUT2D eigenvalue weighted by atomic mass is 32.1. The van der Waals surface area contributed by atoms with Crippen molar-refractivity contribution in [2.45, 2.75) is 6.54 Å². The van der Waals surface area contributed by atoms with E-state index in [1.54, 1.807) is 11.3 Å². The van der Waals surface area contributed by atoms with Gasteiger partial charge in [-0.05, 0) is 41.3 Å². The Morgan fingerprint density at radius 2 is 2.00 bits per heavy atom. The Morgan fingerprint density at radius 3 is 3.00 bits per heavy atom. The summed E-state index contributed by atoms with van der Waals surface area (Å²) in [6, 6.07) is 14.8. The molecule has 0 aliphatic carbocycles. The molecule has 0 radical (unpaired) electrons. The Morgan fingerprint density at radius 1 is 1.00 bits per heavy atom. The fraction of sp³-hybridized carbons (Fsp3) is 0.0588. The summed E-state index contributed by atoms with van der Waals surface area (Å²) in [5.41, 5.74) is 5.33. The first kappa shape index (κ1) is 12.3. The van der Waals surface area contributed by atoms with E-state index in [9.17, 15) is 0 Å². The van der Waals surface area contributed by atoms with Gasteiger partial charge in [-0.2, -0.15) is 0 Å². The largest absolute Gasteiger partial charge is 0.381 e. The number of nitrogens with zero attached hydrogens (tertiary/aromatic N) is 2. The van der Waals surface area contributed by atoms with Gasteiger partial charge in [0.15, 0.2) is 0 Å². The molecule has 0 atom stereocenters. The number of rotatable bonds is 3. The van der Waals surface area contributed by atoms with Gasteiger partial charge in [0.25, 0.3) is 0 Å². The van der Waals surface area contributed by atoms with Gasteiger partial charge in [-0.3, -0.25) is 4.98 Å². The summed E-state index contributed by atoms with van der Waals surface area (Å²) in [5, 5.41) is 5.87. The number of nitrogens with one attached hydrogen (secondary N) is 1. The molecule has 0 aliphatic heterocycles. The molecule has 0 fully saturated rings. The van der Waals surface area contributed by atoms with E-state index in [0.717, 1.165) is 17.7 Å². The predicted octanol–water partition coefficient (Wildman–Crippen LogP) is 4.46. The van der Waals surface area contributed by atoms with Gasteiger partial charge in [0, 0.05) is 30.0 Å². The van der Waals surface area contributed by atoms with Crippen LogP contribution in [0.1, 0.15) is 5.56 Å². The van der Waals surface area contributed by atoms with Crippen LogP contribution in [0.15, 0.2) is 60.4 Å². The van der Waals surface area contributed by atoms with E-state index in [-0.39, 0.29) is 0 Å². The van der Waals surface area contributed by atoms with Crippen molar-refractivity contribution < 1.29 is 0 Å². The smallest absolute Gasteiger partial charge is 0.0813 e. The molecule has 2 heterocycles. The van der Waals surface area contributed by atoms with Gasteiger partial charge in [0.2, 0.25) is 0 Å². The quantitative estimate of drug-likeness (QED) is 0.605. The van der Waals surface area contributed by atoms with Crippen molar-refractivity contribution in [3.05, 3.63) is 65.9 Å². The van der Waals surface area contributed by atoms with Gasteiger partial charge in [0.1, 0.15) is 0 Å². The lowest BCUT2D eigenvalue weighted by Gasteiger charge is -2.07. The zero-order chi connectivity index (χ0) is 14.1. The molecule has 0 saturated heterocycles. The molecule has 102 valence electrons. The Balaban J connectivity index is 1.56. The fourth-order valence-corrected chi connectivity index (χ4v) is 3.13. The number of benzene rings is 2. The highest BCUT2D eigenvalue weighted by Crippen LogP contribution is 2.22. The second-order valence-electron chi connectivity index (χ2n) is 4.95. The maximum atomic E-state index is 4.30. The third-order valence-corrected chi connectivity index (χ3v) is 4.32. The highest BCUT2D eigenvalue weighted by Gasteiger charge is 2.00. The lowest BCUT2D eigenvalue weighted by atomic mass is 10.1. The van der Waals surface area contributed by atoms with Crippen molar-refractivity contribution in [2.75, 3.05) is 5.32 Å². The minimum atomic E-state index is 0.808. The molecular formula is C17H13N3S. The van der Waals surface area contributed by atoms with Crippen LogP contribution >= 0.6 is 11.3 Å². The molecule has 2 aromatic heterocycles. The van der Waals surface area contributed by atoms with E-state index in [1.165, 1.54) is 21.0 Å². The number of anilines is 1. The van der Waals surface area contributed by atoms with Crippen LogP contribution in [-0.4, -0.2) is 9.97 Å². The summed E-state index contributed by atoms with van der Waals surface area (Å²) in [5.74, 6) is 0. The van der Waals surface area contributed by atoms with E-state index in [1.807, 2.05) is 24.0 Å². The molecule has 0 saturated carbocycles. The zero-order valence-corrected chi connectivity index (χ0v) is 12.1. The van der Waals surface area contributed by atoms with Gasteiger partial charge in [-0.25, -0.2) is 4.98 Å². The predicted molar refractivity (Wildman–Crippen MR) is 88.7 cm³/mol. The van der Waals surface area contributed by atoms with Crippen molar-refractivity contribution in [1.82, 2.24) is 9.97 Å². The molecule has 0 unspecified atom stereocenters. The van der Waals surface area contributed by atoms with E-state index in [0.29, 0.717) is 0 Å². The average Bonchev–Trinajstić information content (AvgIpc) is 3.00. The normalized spacial score (nSPS) is 11.0. The van der Waals surface area contributed by atoms with Crippen molar-refractivity contribution >= 4 is 38.0 Å². The molecule has 4 rings (SSSR count). The third-order valence-electron chi connectivity index (χ3n) is 3.53. The molecule has 2 aromatic carbocycles. The third kappa shape index (κ3) is 2.45. The SMILES string of the molecule is c1cc2cc(CNc3ccc4ncsc4c3)ccc2cn1. The van der Waals surface area contributed by atoms with Gasteiger partial charge >= 0.3 is 0 Å². The first-order valence-electron chi connectivity index (χ1n) is 6.78. The van der Waals surface area contributed by atoms with Crippen LogP contribution in [0.4, 0.5) is 5.69 Å². The lowest BCUT2D eigenvalue weighted by molar-refractivity contribution is 1.16. The topological polar surface area (TPSA) is 37.8 Å². The minimum Gasteiger partial charge on any atom is -0.381 e. The summed E-state index contributed by atoms with van der Waals surface area (Å²) in [6.45, 7) is 0.808. The summed E-state index contributed by atoms with van der Waals surface area (Å²) in [4.78, 5) is 8.44. The number of fused-ring (bicyclic) bond motifs is 2. The van der Waals surface area contributed by atoms with Crippen molar-refractivity contribution in [3.63, 3.8) is 0 Å². The molecule has 0 bridgehead atoms. The maximum Gasteiger partial charge on any atom is 0.0813 e. The van der Waals surface area contributed by atoms with Crippen molar-refractivity contribution in [2.24, 2.45) is 0 Å². The molecule has 21 heavy (non-hydrogen) atoms. The molecule has 3 nitrogen and oxygen atoms in total. The summed E-state index contributed by atoms with van der Waals surface area (Å²) in [7, 11) is 0. The molecular weight excluding hydrogens is 278 g/mol. The van der Waals surface area contributed by atoms with E-state index < -0.39 is 0 Å².